The molecular formula is C18H15ClFNO3. The lowest BCUT2D eigenvalue weighted by molar-refractivity contribution is -0.117. The predicted molar refractivity (Wildman–Crippen MR) is 88.3 cm³/mol. The molecule has 0 bridgehead atoms. The fourth-order valence-corrected chi connectivity index (χ4v) is 3.19. The Hall–Kier alpha value is -2.27. The molecule has 4 rings (SSSR count). The molecule has 1 aliphatic heterocycles. The van der Waals surface area contributed by atoms with Gasteiger partial charge in [-0.1, -0.05) is 29.8 Å². The van der Waals surface area contributed by atoms with Gasteiger partial charge in [0.05, 0.1) is 10.7 Å². The molecule has 6 heteroatoms. The smallest absolute Gasteiger partial charge is 0.228 e. The number of carbonyl (C=O) groups is 1. The van der Waals surface area contributed by atoms with Crippen molar-refractivity contribution in [2.24, 2.45) is 5.92 Å². The van der Waals surface area contributed by atoms with Gasteiger partial charge in [0, 0.05) is 18.1 Å². The zero-order valence-corrected chi connectivity index (χ0v) is 13.5. The summed E-state index contributed by atoms with van der Waals surface area (Å²) in [6.07, 6.45) is 0.634. The molecule has 0 saturated heterocycles. The Morgan fingerprint density at radius 1 is 1.17 bits per heavy atom. The average Bonchev–Trinajstić information content (AvgIpc) is 3.36. The SMILES string of the molecule is O=C(Nc1cc2c(cc1Cl)OCCO2)C1CC1c1ccccc1F. The molecular weight excluding hydrogens is 333 g/mol. The minimum Gasteiger partial charge on any atom is -0.486 e. The van der Waals surface area contributed by atoms with Gasteiger partial charge in [-0.15, -0.1) is 0 Å². The van der Waals surface area contributed by atoms with Crippen LogP contribution in [0.1, 0.15) is 17.9 Å². The largest absolute Gasteiger partial charge is 0.486 e. The van der Waals surface area contributed by atoms with E-state index in [9.17, 15) is 9.18 Å². The Morgan fingerprint density at radius 3 is 2.62 bits per heavy atom. The van der Waals surface area contributed by atoms with E-state index >= 15 is 0 Å². The number of benzene rings is 2. The summed E-state index contributed by atoms with van der Waals surface area (Å²) in [4.78, 5) is 12.4. The first kappa shape index (κ1) is 15.3. The zero-order valence-electron chi connectivity index (χ0n) is 12.7. The first-order chi connectivity index (χ1) is 11.6. The minimum absolute atomic E-state index is 0.0813. The van der Waals surface area contributed by atoms with E-state index in [1.807, 2.05) is 0 Å². The summed E-state index contributed by atoms with van der Waals surface area (Å²) in [6.45, 7) is 0.932. The number of rotatable bonds is 3. The number of fused-ring (bicyclic) bond motifs is 1. The number of ether oxygens (including phenoxy) is 2. The average molecular weight is 348 g/mol. The van der Waals surface area contributed by atoms with Crippen LogP contribution < -0.4 is 14.8 Å². The van der Waals surface area contributed by atoms with E-state index in [4.69, 9.17) is 21.1 Å². The molecule has 2 aliphatic rings. The third-order valence-corrected chi connectivity index (χ3v) is 4.63. The minimum atomic E-state index is -0.268. The van der Waals surface area contributed by atoms with Crippen LogP contribution in [0, 0.1) is 11.7 Å². The third kappa shape index (κ3) is 2.80. The Morgan fingerprint density at radius 2 is 1.88 bits per heavy atom. The third-order valence-electron chi connectivity index (χ3n) is 4.32. The molecule has 4 nitrogen and oxygen atoms in total. The molecule has 1 aliphatic carbocycles. The molecule has 0 radical (unpaired) electrons. The van der Waals surface area contributed by atoms with E-state index in [0.717, 1.165) is 0 Å². The molecule has 2 aromatic rings. The van der Waals surface area contributed by atoms with Crippen molar-refractivity contribution in [3.8, 4) is 11.5 Å². The van der Waals surface area contributed by atoms with Crippen LogP contribution in [0.4, 0.5) is 10.1 Å². The summed E-state index contributed by atoms with van der Waals surface area (Å²) >= 11 is 6.20. The van der Waals surface area contributed by atoms with Crippen LogP contribution in [-0.4, -0.2) is 19.1 Å². The molecule has 1 fully saturated rings. The number of hydrogen-bond donors (Lipinski definition) is 1. The van der Waals surface area contributed by atoms with Crippen LogP contribution in [0.25, 0.3) is 0 Å². The zero-order chi connectivity index (χ0) is 16.7. The van der Waals surface area contributed by atoms with Crippen LogP contribution in [0.5, 0.6) is 11.5 Å². The van der Waals surface area contributed by atoms with Crippen molar-refractivity contribution < 1.29 is 18.7 Å². The van der Waals surface area contributed by atoms with Gasteiger partial charge in [-0.25, -0.2) is 4.39 Å². The highest BCUT2D eigenvalue weighted by molar-refractivity contribution is 6.34. The van der Waals surface area contributed by atoms with Crippen LogP contribution in [0.3, 0.4) is 0 Å². The number of amides is 1. The van der Waals surface area contributed by atoms with Gasteiger partial charge >= 0.3 is 0 Å². The topological polar surface area (TPSA) is 47.6 Å². The second-order valence-corrected chi connectivity index (χ2v) is 6.34. The highest BCUT2D eigenvalue weighted by Crippen LogP contribution is 2.49. The highest BCUT2D eigenvalue weighted by atomic mass is 35.5. The molecule has 1 heterocycles. The van der Waals surface area contributed by atoms with Crippen LogP contribution >= 0.6 is 11.6 Å². The molecule has 2 aromatic carbocycles. The lowest BCUT2D eigenvalue weighted by Crippen LogP contribution is -2.18. The first-order valence-corrected chi connectivity index (χ1v) is 8.15. The van der Waals surface area contributed by atoms with E-state index in [0.29, 0.717) is 47.4 Å². The van der Waals surface area contributed by atoms with Crippen molar-refractivity contribution in [2.75, 3.05) is 18.5 Å². The van der Waals surface area contributed by atoms with Gasteiger partial charge in [-0.05, 0) is 24.0 Å². The molecule has 124 valence electrons. The Balaban J connectivity index is 1.49. The van der Waals surface area contributed by atoms with Crippen molar-refractivity contribution in [3.63, 3.8) is 0 Å². The first-order valence-electron chi connectivity index (χ1n) is 7.78. The van der Waals surface area contributed by atoms with Gasteiger partial charge in [0.1, 0.15) is 19.0 Å². The van der Waals surface area contributed by atoms with E-state index in [-0.39, 0.29) is 23.6 Å². The summed E-state index contributed by atoms with van der Waals surface area (Å²) in [6, 6.07) is 9.86. The van der Waals surface area contributed by atoms with Gasteiger partial charge in [0.2, 0.25) is 5.91 Å². The van der Waals surface area contributed by atoms with Gasteiger partial charge in [-0.3, -0.25) is 4.79 Å². The van der Waals surface area contributed by atoms with Crippen molar-refractivity contribution in [2.45, 2.75) is 12.3 Å². The summed E-state index contributed by atoms with van der Waals surface area (Å²) in [5, 5.41) is 3.20. The van der Waals surface area contributed by atoms with Gasteiger partial charge < -0.3 is 14.8 Å². The Kier molecular flexibility index (Phi) is 3.81. The quantitative estimate of drug-likeness (QED) is 0.913. The van der Waals surface area contributed by atoms with Crippen LogP contribution in [0.15, 0.2) is 36.4 Å². The second kappa shape index (κ2) is 5.98. The maximum Gasteiger partial charge on any atom is 0.228 e. The standard InChI is InChI=1S/C18H15ClFNO3/c19-13-8-16-17(24-6-5-23-16)9-15(13)21-18(22)12-7-11(12)10-3-1-2-4-14(10)20/h1-4,8-9,11-12H,5-7H2,(H,21,22). The number of carbonyl (C=O) groups excluding carboxylic acids is 1. The van der Waals surface area contributed by atoms with Gasteiger partial charge in [0.25, 0.3) is 0 Å². The molecule has 1 amide bonds. The van der Waals surface area contributed by atoms with Crippen molar-refractivity contribution in [1.29, 1.82) is 0 Å². The molecule has 24 heavy (non-hydrogen) atoms. The molecule has 0 spiro atoms. The predicted octanol–water partition coefficient (Wildman–Crippen LogP) is 3.99. The fourth-order valence-electron chi connectivity index (χ4n) is 2.99. The van der Waals surface area contributed by atoms with Crippen LogP contribution in [-0.2, 0) is 4.79 Å². The summed E-state index contributed by atoms with van der Waals surface area (Å²) in [7, 11) is 0. The van der Waals surface area contributed by atoms with Crippen molar-refractivity contribution in [3.05, 3.63) is 52.8 Å². The molecule has 2 atom stereocenters. The van der Waals surface area contributed by atoms with Gasteiger partial charge in [0.15, 0.2) is 11.5 Å². The second-order valence-electron chi connectivity index (χ2n) is 5.94. The Labute approximate surface area is 143 Å². The van der Waals surface area contributed by atoms with Crippen LogP contribution in [0.2, 0.25) is 5.02 Å². The lowest BCUT2D eigenvalue weighted by atomic mass is 10.1. The fraction of sp³-hybridized carbons (Fsp3) is 0.278. The summed E-state index contributed by atoms with van der Waals surface area (Å²) in [5.74, 6) is 0.368. The van der Waals surface area contributed by atoms with E-state index < -0.39 is 0 Å². The molecule has 1 saturated carbocycles. The maximum absolute atomic E-state index is 13.8. The van der Waals surface area contributed by atoms with Crippen molar-refractivity contribution >= 4 is 23.2 Å². The van der Waals surface area contributed by atoms with E-state index in [1.165, 1.54) is 6.07 Å². The van der Waals surface area contributed by atoms with Crippen molar-refractivity contribution in [1.82, 2.24) is 0 Å². The lowest BCUT2D eigenvalue weighted by Gasteiger charge is -2.20. The number of hydrogen-bond acceptors (Lipinski definition) is 3. The normalized spacial score (nSPS) is 21.2. The Bertz CT molecular complexity index is 811. The maximum atomic E-state index is 13.8. The van der Waals surface area contributed by atoms with E-state index in [1.54, 1.807) is 30.3 Å². The summed E-state index contributed by atoms with van der Waals surface area (Å²) < 4.78 is 24.8. The number of nitrogens with one attached hydrogen (secondary N) is 1. The van der Waals surface area contributed by atoms with Gasteiger partial charge in [-0.2, -0.15) is 0 Å². The highest BCUT2D eigenvalue weighted by Gasteiger charge is 2.45. The molecule has 2 unspecified atom stereocenters. The molecule has 0 aromatic heterocycles. The monoisotopic (exact) mass is 347 g/mol. The summed E-state index contributed by atoms with van der Waals surface area (Å²) in [5.41, 5.74) is 1.07. The number of halogens is 2. The molecule has 1 N–H and O–H groups in total. The number of anilines is 1. The van der Waals surface area contributed by atoms with E-state index in [2.05, 4.69) is 5.32 Å².